The minimum Gasteiger partial charge on any atom is -0.492 e. The predicted octanol–water partition coefficient (Wildman–Crippen LogP) is 1.12. The Morgan fingerprint density at radius 2 is 1.67 bits per heavy atom. The van der Waals surface area contributed by atoms with Gasteiger partial charge in [-0.3, -0.25) is 0 Å². The smallest absolute Gasteiger partial charge is 0.492 e. The monoisotopic (exact) mass is 342 g/mol. The molecule has 2 rings (SSSR count). The SMILES string of the molecule is Fc1c(Cl)cccc1COc1ccccc1[B-](F)(F)F.[K+]. The standard InChI is InChI=1S/C13H9BClF4O.K/c15-11-6-3-4-9(13(11)16)8-20-12-7-2-1-5-10(12)14(17,18)19;/h1-7H,8H2;/q-1;+1. The Hall–Kier alpha value is -0.0487. The second-order valence-electron chi connectivity index (χ2n) is 4.11. The van der Waals surface area contributed by atoms with Crippen LogP contribution in [-0.4, -0.2) is 6.98 Å². The van der Waals surface area contributed by atoms with Crippen LogP contribution in [0.3, 0.4) is 0 Å². The quantitative estimate of drug-likeness (QED) is 0.598. The van der Waals surface area contributed by atoms with Gasteiger partial charge in [0.05, 0.1) is 10.8 Å². The molecule has 0 aliphatic heterocycles. The molecule has 8 heteroatoms. The maximum atomic E-state index is 13.6. The average molecular weight is 343 g/mol. The van der Waals surface area contributed by atoms with Gasteiger partial charge in [0, 0.05) is 5.56 Å². The first-order chi connectivity index (χ1) is 9.39. The van der Waals surface area contributed by atoms with Crippen LogP contribution in [0.1, 0.15) is 5.56 Å². The molecule has 106 valence electrons. The van der Waals surface area contributed by atoms with Crippen molar-refractivity contribution in [1.82, 2.24) is 0 Å². The molecule has 0 amide bonds. The molecule has 0 radical (unpaired) electrons. The van der Waals surface area contributed by atoms with Crippen LogP contribution in [0.2, 0.25) is 5.02 Å². The molecule has 0 fully saturated rings. The van der Waals surface area contributed by atoms with Crippen LogP contribution in [0.25, 0.3) is 0 Å². The zero-order valence-corrected chi connectivity index (χ0v) is 15.0. The topological polar surface area (TPSA) is 9.23 Å². The van der Waals surface area contributed by atoms with E-state index in [4.69, 9.17) is 16.3 Å². The predicted molar refractivity (Wildman–Crippen MR) is 70.9 cm³/mol. The van der Waals surface area contributed by atoms with Gasteiger partial charge in [-0.2, -0.15) is 0 Å². The largest absolute Gasteiger partial charge is 1.00 e. The summed E-state index contributed by atoms with van der Waals surface area (Å²) >= 11 is 5.59. The van der Waals surface area contributed by atoms with Crippen LogP contribution in [0.4, 0.5) is 17.3 Å². The Morgan fingerprint density at radius 1 is 1.00 bits per heavy atom. The third-order valence-electron chi connectivity index (χ3n) is 2.69. The molecule has 0 unspecified atom stereocenters. The van der Waals surface area contributed by atoms with Gasteiger partial charge in [-0.1, -0.05) is 47.4 Å². The molecular weight excluding hydrogens is 333 g/mol. The number of ether oxygens (including phenoxy) is 1. The summed E-state index contributed by atoms with van der Waals surface area (Å²) in [5, 5.41) is -0.0978. The number of hydrogen-bond acceptors (Lipinski definition) is 1. The number of para-hydroxylation sites is 1. The Labute approximate surface area is 167 Å². The first-order valence-electron chi connectivity index (χ1n) is 5.74. The van der Waals surface area contributed by atoms with Crippen molar-refractivity contribution >= 4 is 24.0 Å². The van der Waals surface area contributed by atoms with Crippen LogP contribution in [0.15, 0.2) is 42.5 Å². The fraction of sp³-hybridized carbons (Fsp3) is 0.0769. The van der Waals surface area contributed by atoms with E-state index in [0.717, 1.165) is 6.07 Å². The maximum absolute atomic E-state index is 13.6. The first kappa shape index (κ1) is 19.0. The molecule has 2 aromatic rings. The molecule has 0 saturated carbocycles. The molecule has 21 heavy (non-hydrogen) atoms. The van der Waals surface area contributed by atoms with Gasteiger partial charge in [0.25, 0.3) is 0 Å². The minimum atomic E-state index is -5.18. The first-order valence-corrected chi connectivity index (χ1v) is 6.12. The summed E-state index contributed by atoms with van der Waals surface area (Å²) in [6.45, 7) is -5.51. The van der Waals surface area contributed by atoms with Crippen molar-refractivity contribution in [2.45, 2.75) is 6.61 Å². The van der Waals surface area contributed by atoms with E-state index in [9.17, 15) is 17.3 Å². The second-order valence-corrected chi connectivity index (χ2v) is 4.52. The maximum Gasteiger partial charge on any atom is 1.00 e. The Kier molecular flexibility index (Phi) is 7.23. The summed E-state index contributed by atoms with van der Waals surface area (Å²) in [7, 11) is 0. The zero-order valence-electron chi connectivity index (χ0n) is 11.1. The molecular formula is C13H9BClF4KO. The third-order valence-corrected chi connectivity index (χ3v) is 2.98. The molecule has 0 heterocycles. The zero-order chi connectivity index (χ0) is 14.8. The Balaban J connectivity index is 0.00000220. The summed E-state index contributed by atoms with van der Waals surface area (Å²) in [5.41, 5.74) is -0.739. The number of rotatable bonds is 4. The summed E-state index contributed by atoms with van der Waals surface area (Å²) in [6, 6.07) is 9.10. The fourth-order valence-corrected chi connectivity index (χ4v) is 1.89. The van der Waals surface area contributed by atoms with Crippen molar-refractivity contribution < 1.29 is 73.5 Å². The van der Waals surface area contributed by atoms with E-state index in [0.29, 0.717) is 0 Å². The van der Waals surface area contributed by atoms with Crippen molar-refractivity contribution in [3.8, 4) is 5.75 Å². The van der Waals surface area contributed by atoms with E-state index in [2.05, 4.69) is 0 Å². The van der Waals surface area contributed by atoms with Crippen LogP contribution in [-0.2, 0) is 6.61 Å². The molecule has 0 N–H and O–H groups in total. The molecule has 0 aliphatic rings. The number of halogens is 5. The molecule has 2 aromatic carbocycles. The Morgan fingerprint density at radius 3 is 2.33 bits per heavy atom. The van der Waals surface area contributed by atoms with Crippen molar-refractivity contribution in [3.05, 3.63) is 58.9 Å². The second kappa shape index (κ2) is 7.99. The van der Waals surface area contributed by atoms with Crippen molar-refractivity contribution in [1.29, 1.82) is 0 Å². The van der Waals surface area contributed by atoms with Crippen LogP contribution in [0.5, 0.6) is 5.75 Å². The fourth-order valence-electron chi connectivity index (χ4n) is 1.70. The summed E-state index contributed by atoms with van der Waals surface area (Å²) in [6.07, 6.45) is 0. The van der Waals surface area contributed by atoms with Gasteiger partial charge < -0.3 is 17.7 Å². The van der Waals surface area contributed by atoms with Gasteiger partial charge in [0.1, 0.15) is 12.4 Å². The van der Waals surface area contributed by atoms with E-state index in [1.807, 2.05) is 0 Å². The summed E-state index contributed by atoms with van der Waals surface area (Å²) < 4.78 is 57.1. The minimum absolute atomic E-state index is 0. The van der Waals surface area contributed by atoms with E-state index >= 15 is 0 Å². The van der Waals surface area contributed by atoms with E-state index < -0.39 is 18.3 Å². The molecule has 0 atom stereocenters. The summed E-state index contributed by atoms with van der Waals surface area (Å²) in [5.74, 6) is -1.01. The molecule has 0 saturated heterocycles. The van der Waals surface area contributed by atoms with Gasteiger partial charge >= 0.3 is 58.4 Å². The summed E-state index contributed by atoms with van der Waals surface area (Å²) in [4.78, 5) is 0. The molecule has 0 aromatic heterocycles. The molecule has 0 spiro atoms. The van der Waals surface area contributed by atoms with Crippen molar-refractivity contribution in [2.75, 3.05) is 0 Å². The van der Waals surface area contributed by atoms with Gasteiger partial charge in [-0.05, 0) is 12.1 Å². The third kappa shape index (κ3) is 4.97. The van der Waals surface area contributed by atoms with E-state index in [1.54, 1.807) is 0 Å². The number of benzene rings is 2. The Bertz CT molecular complexity index is 621. The van der Waals surface area contributed by atoms with Crippen molar-refractivity contribution in [3.63, 3.8) is 0 Å². The number of hydrogen-bond donors (Lipinski definition) is 0. The van der Waals surface area contributed by atoms with Crippen LogP contribution < -0.4 is 61.6 Å². The van der Waals surface area contributed by atoms with Gasteiger partial charge in [-0.25, -0.2) is 4.39 Å². The van der Waals surface area contributed by atoms with Crippen LogP contribution >= 0.6 is 11.6 Å². The normalized spacial score (nSPS) is 10.9. The molecule has 0 bridgehead atoms. The van der Waals surface area contributed by atoms with E-state index in [1.165, 1.54) is 36.4 Å². The van der Waals surface area contributed by atoms with Gasteiger partial charge in [0.2, 0.25) is 0 Å². The van der Waals surface area contributed by atoms with E-state index in [-0.39, 0.29) is 74.3 Å². The molecule has 0 aliphatic carbocycles. The van der Waals surface area contributed by atoms with Crippen LogP contribution in [0, 0.1) is 5.82 Å². The molecule has 1 nitrogen and oxygen atoms in total. The average Bonchev–Trinajstić information content (AvgIpc) is 2.40. The van der Waals surface area contributed by atoms with Gasteiger partial charge in [-0.15, -0.1) is 0 Å². The van der Waals surface area contributed by atoms with Gasteiger partial charge in [0.15, 0.2) is 0 Å². The van der Waals surface area contributed by atoms with Crippen molar-refractivity contribution in [2.24, 2.45) is 0 Å².